The Hall–Kier alpha value is -3.67. The Morgan fingerprint density at radius 3 is 2.44 bits per heavy atom. The second-order valence-electron chi connectivity index (χ2n) is 6.22. The average molecular weight is 358 g/mol. The van der Waals surface area contributed by atoms with Gasteiger partial charge in [-0.3, -0.25) is 10.2 Å². The number of carbonyl (C=O) groups excluding carboxylic acids is 1. The minimum atomic E-state index is -0.320. The van der Waals surface area contributed by atoms with Crippen LogP contribution in [0.1, 0.15) is 18.4 Å². The van der Waals surface area contributed by atoms with Crippen LogP contribution in [-0.2, 0) is 4.79 Å². The van der Waals surface area contributed by atoms with Gasteiger partial charge in [0.15, 0.2) is 0 Å². The van der Waals surface area contributed by atoms with E-state index in [0.717, 1.165) is 27.8 Å². The summed E-state index contributed by atoms with van der Waals surface area (Å²) in [5, 5.41) is 9.52. The summed E-state index contributed by atoms with van der Waals surface area (Å²) in [5.74, 6) is 1.07. The maximum atomic E-state index is 12.3. The molecule has 134 valence electrons. The van der Waals surface area contributed by atoms with Crippen molar-refractivity contribution in [2.24, 2.45) is 0 Å². The monoisotopic (exact) mass is 358 g/mol. The summed E-state index contributed by atoms with van der Waals surface area (Å²) < 4.78 is 7.48. The van der Waals surface area contributed by atoms with E-state index in [1.54, 1.807) is 0 Å². The van der Waals surface area contributed by atoms with E-state index in [0.29, 0.717) is 0 Å². The molecule has 0 spiro atoms. The van der Waals surface area contributed by atoms with E-state index < -0.39 is 0 Å². The summed E-state index contributed by atoms with van der Waals surface area (Å²) in [6, 6.07) is 21.6. The number of hydrogen-bond donors (Lipinski definition) is 1. The summed E-state index contributed by atoms with van der Waals surface area (Å²) in [4.78, 5) is 12.3. The summed E-state index contributed by atoms with van der Waals surface area (Å²) in [5.41, 5.74) is 3.61. The highest BCUT2D eigenvalue weighted by Crippen LogP contribution is 2.30. The molecule has 0 bridgehead atoms. The molecule has 1 unspecified atom stereocenters. The van der Waals surface area contributed by atoms with E-state index in [1.165, 1.54) is 17.3 Å². The largest absolute Gasteiger partial charge is 0.457 e. The maximum absolute atomic E-state index is 12.3. The zero-order chi connectivity index (χ0) is 18.6. The lowest BCUT2D eigenvalue weighted by Gasteiger charge is -2.14. The van der Waals surface area contributed by atoms with Gasteiger partial charge in [0.05, 0.1) is 5.92 Å². The van der Waals surface area contributed by atoms with Crippen LogP contribution in [0.15, 0.2) is 79.4 Å². The predicted octanol–water partition coefficient (Wildman–Crippen LogP) is 4.10. The maximum Gasteiger partial charge on any atom is 0.246 e. The van der Waals surface area contributed by atoms with Crippen molar-refractivity contribution in [3.63, 3.8) is 0 Å². The fourth-order valence-corrected chi connectivity index (χ4v) is 2.87. The average Bonchev–Trinajstić information content (AvgIpc) is 3.21. The third-order valence-electron chi connectivity index (χ3n) is 4.41. The lowest BCUT2D eigenvalue weighted by molar-refractivity contribution is -0.118. The topological polar surface area (TPSA) is 69.0 Å². The molecule has 0 aliphatic rings. The summed E-state index contributed by atoms with van der Waals surface area (Å²) in [6.07, 6.45) is 2.87. The molecule has 4 rings (SSSR count). The number of nitrogens with zero attached hydrogens (tertiary/aromatic N) is 3. The lowest BCUT2D eigenvalue weighted by Crippen LogP contribution is -2.26. The number of amides is 1. The van der Waals surface area contributed by atoms with Crippen LogP contribution in [0.2, 0.25) is 0 Å². The van der Waals surface area contributed by atoms with E-state index in [4.69, 9.17) is 4.74 Å². The number of rotatable bonds is 5. The Bertz CT molecular complexity index is 1050. The SMILES string of the molecule is CC(C(=O)Nn1cnnc1)c1ccc(Oc2cccc3ccccc23)cc1. The second kappa shape index (κ2) is 7.29. The van der Waals surface area contributed by atoms with Gasteiger partial charge in [-0.2, -0.15) is 0 Å². The van der Waals surface area contributed by atoms with Crippen molar-refractivity contribution in [3.8, 4) is 11.5 Å². The van der Waals surface area contributed by atoms with Crippen LogP contribution in [0.3, 0.4) is 0 Å². The van der Waals surface area contributed by atoms with Gasteiger partial charge in [0.2, 0.25) is 5.91 Å². The van der Waals surface area contributed by atoms with Gasteiger partial charge in [-0.15, -0.1) is 10.2 Å². The predicted molar refractivity (Wildman–Crippen MR) is 103 cm³/mol. The Morgan fingerprint density at radius 2 is 1.67 bits per heavy atom. The molecule has 1 heterocycles. The van der Waals surface area contributed by atoms with Gasteiger partial charge >= 0.3 is 0 Å². The highest BCUT2D eigenvalue weighted by molar-refractivity contribution is 5.90. The van der Waals surface area contributed by atoms with Crippen LogP contribution < -0.4 is 10.2 Å². The van der Waals surface area contributed by atoms with Gasteiger partial charge in [0.25, 0.3) is 0 Å². The molecule has 0 radical (unpaired) electrons. The molecule has 0 aliphatic carbocycles. The summed E-state index contributed by atoms with van der Waals surface area (Å²) in [6.45, 7) is 1.85. The smallest absolute Gasteiger partial charge is 0.246 e. The van der Waals surface area contributed by atoms with Crippen molar-refractivity contribution in [2.75, 3.05) is 5.43 Å². The van der Waals surface area contributed by atoms with Crippen molar-refractivity contribution in [1.82, 2.24) is 14.9 Å². The minimum Gasteiger partial charge on any atom is -0.457 e. The lowest BCUT2D eigenvalue weighted by atomic mass is 10.0. The van der Waals surface area contributed by atoms with Crippen LogP contribution in [0.5, 0.6) is 11.5 Å². The van der Waals surface area contributed by atoms with Crippen LogP contribution in [0, 0.1) is 0 Å². The highest BCUT2D eigenvalue weighted by Gasteiger charge is 2.15. The number of carbonyl (C=O) groups is 1. The molecule has 6 nitrogen and oxygen atoms in total. The van der Waals surface area contributed by atoms with Crippen molar-refractivity contribution < 1.29 is 9.53 Å². The Morgan fingerprint density at radius 1 is 0.963 bits per heavy atom. The molecule has 0 aliphatic heterocycles. The molecular weight excluding hydrogens is 340 g/mol. The van der Waals surface area contributed by atoms with Crippen molar-refractivity contribution in [3.05, 3.63) is 84.9 Å². The second-order valence-corrected chi connectivity index (χ2v) is 6.22. The van der Waals surface area contributed by atoms with E-state index in [9.17, 15) is 4.79 Å². The normalized spacial score (nSPS) is 11.9. The van der Waals surface area contributed by atoms with E-state index >= 15 is 0 Å². The Labute approximate surface area is 156 Å². The first kappa shape index (κ1) is 16.8. The number of fused-ring (bicyclic) bond motifs is 1. The first-order chi connectivity index (χ1) is 13.2. The van der Waals surface area contributed by atoms with Gasteiger partial charge in [-0.1, -0.05) is 48.5 Å². The van der Waals surface area contributed by atoms with Gasteiger partial charge in [-0.05, 0) is 36.1 Å². The molecule has 1 amide bonds. The molecule has 1 aromatic heterocycles. The quantitative estimate of drug-likeness (QED) is 0.583. The van der Waals surface area contributed by atoms with Crippen molar-refractivity contribution in [2.45, 2.75) is 12.8 Å². The zero-order valence-electron chi connectivity index (χ0n) is 14.7. The molecule has 6 heteroatoms. The minimum absolute atomic E-state index is 0.141. The van der Waals surface area contributed by atoms with Crippen LogP contribution in [-0.4, -0.2) is 20.8 Å². The first-order valence-corrected chi connectivity index (χ1v) is 8.62. The molecule has 3 aromatic carbocycles. The van der Waals surface area contributed by atoms with Crippen molar-refractivity contribution in [1.29, 1.82) is 0 Å². The number of aromatic nitrogens is 3. The van der Waals surface area contributed by atoms with E-state index in [1.807, 2.05) is 61.5 Å². The van der Waals surface area contributed by atoms with Gasteiger partial charge < -0.3 is 4.74 Å². The molecule has 1 N–H and O–H groups in total. The van der Waals surface area contributed by atoms with Gasteiger partial charge in [-0.25, -0.2) is 4.68 Å². The van der Waals surface area contributed by atoms with Crippen molar-refractivity contribution >= 4 is 16.7 Å². The number of hydrogen-bond acceptors (Lipinski definition) is 4. The third kappa shape index (κ3) is 3.64. The third-order valence-corrected chi connectivity index (χ3v) is 4.41. The standard InChI is InChI=1S/C21H18N4O2/c1-15(21(26)24-25-13-22-23-14-25)16-9-11-18(12-10-16)27-20-8-4-6-17-5-2-3-7-19(17)20/h2-15H,1H3,(H,24,26). The summed E-state index contributed by atoms with van der Waals surface area (Å²) >= 11 is 0. The number of nitrogens with one attached hydrogen (secondary N) is 1. The van der Waals surface area contributed by atoms with Gasteiger partial charge in [0, 0.05) is 5.39 Å². The fourth-order valence-electron chi connectivity index (χ4n) is 2.87. The molecule has 4 aromatic rings. The molecule has 27 heavy (non-hydrogen) atoms. The summed E-state index contributed by atoms with van der Waals surface area (Å²) in [7, 11) is 0. The zero-order valence-corrected chi connectivity index (χ0v) is 14.7. The Balaban J connectivity index is 1.49. The fraction of sp³-hybridized carbons (Fsp3) is 0.0952. The van der Waals surface area contributed by atoms with Gasteiger partial charge in [0.1, 0.15) is 24.2 Å². The van der Waals surface area contributed by atoms with Crippen LogP contribution >= 0.6 is 0 Å². The van der Waals surface area contributed by atoms with Crippen LogP contribution in [0.4, 0.5) is 0 Å². The van der Waals surface area contributed by atoms with E-state index in [-0.39, 0.29) is 11.8 Å². The number of ether oxygens (including phenoxy) is 1. The number of benzene rings is 3. The van der Waals surface area contributed by atoms with E-state index in [2.05, 4.69) is 27.8 Å². The molecule has 1 atom stereocenters. The molecular formula is C21H18N4O2. The molecule has 0 saturated heterocycles. The van der Waals surface area contributed by atoms with Crippen LogP contribution in [0.25, 0.3) is 10.8 Å². The highest BCUT2D eigenvalue weighted by atomic mass is 16.5. The first-order valence-electron chi connectivity index (χ1n) is 8.62. The Kier molecular flexibility index (Phi) is 4.53. The molecule has 0 saturated carbocycles. The molecule has 0 fully saturated rings.